The molecule has 0 N–H and O–H groups in total. The molecule has 2 heterocycles. The number of rotatable bonds is 3. The molecule has 0 amide bonds. The van der Waals surface area contributed by atoms with Crippen molar-refractivity contribution in [2.75, 3.05) is 14.2 Å². The maximum absolute atomic E-state index is 14.4. The number of hydrogen-bond donors (Lipinski definition) is 0. The first-order chi connectivity index (χ1) is 12.1. The number of aromatic nitrogens is 4. The third-order valence-corrected chi connectivity index (χ3v) is 4.09. The van der Waals surface area contributed by atoms with Crippen molar-refractivity contribution >= 4 is 16.7 Å². The molecule has 2 aromatic heterocycles. The summed E-state index contributed by atoms with van der Waals surface area (Å²) >= 11 is 0. The predicted molar refractivity (Wildman–Crippen MR) is 91.5 cm³/mol. The highest BCUT2D eigenvalue weighted by molar-refractivity contribution is 5.82. The Bertz CT molecular complexity index is 1110. The summed E-state index contributed by atoms with van der Waals surface area (Å²) < 4.78 is 26.7. The number of benzene rings is 2. The Labute approximate surface area is 142 Å². The zero-order valence-electron chi connectivity index (χ0n) is 13.9. The molecule has 7 heteroatoms. The standard InChI is InChI=1S/C18H15FN4O2/c1-10-17-22-21-16-14(19)8-13(25-3)9-15(16)23(17)18(20-10)11-5-4-6-12(7-11)24-2/h4-9H,1-3H3. The maximum Gasteiger partial charge on any atom is 0.183 e. The average molecular weight is 338 g/mol. The van der Waals surface area contributed by atoms with E-state index in [1.54, 1.807) is 17.6 Å². The van der Waals surface area contributed by atoms with Crippen LogP contribution in [0.15, 0.2) is 36.4 Å². The van der Waals surface area contributed by atoms with Gasteiger partial charge in [-0.15, -0.1) is 10.2 Å². The van der Waals surface area contributed by atoms with Crippen molar-refractivity contribution in [2.45, 2.75) is 6.92 Å². The van der Waals surface area contributed by atoms with Crippen LogP contribution in [0.2, 0.25) is 0 Å². The Morgan fingerprint density at radius 2 is 1.80 bits per heavy atom. The largest absolute Gasteiger partial charge is 0.497 e. The molecule has 0 spiro atoms. The lowest BCUT2D eigenvalue weighted by molar-refractivity contribution is 0.412. The van der Waals surface area contributed by atoms with Gasteiger partial charge in [0.1, 0.15) is 22.8 Å². The Hall–Kier alpha value is -3.22. The van der Waals surface area contributed by atoms with E-state index in [0.29, 0.717) is 34.2 Å². The molecule has 0 aliphatic carbocycles. The van der Waals surface area contributed by atoms with Crippen molar-refractivity contribution in [1.82, 2.24) is 19.6 Å². The van der Waals surface area contributed by atoms with Gasteiger partial charge >= 0.3 is 0 Å². The maximum atomic E-state index is 14.4. The number of ether oxygens (including phenoxy) is 2. The minimum absolute atomic E-state index is 0.162. The van der Waals surface area contributed by atoms with E-state index in [1.165, 1.54) is 13.2 Å². The number of aryl methyl sites for hydroxylation is 1. The summed E-state index contributed by atoms with van der Waals surface area (Å²) in [5.74, 6) is 1.26. The summed E-state index contributed by atoms with van der Waals surface area (Å²) in [6.45, 7) is 1.84. The first-order valence-corrected chi connectivity index (χ1v) is 7.66. The van der Waals surface area contributed by atoms with Gasteiger partial charge in [-0.1, -0.05) is 12.1 Å². The predicted octanol–water partition coefficient (Wildman–Crippen LogP) is 3.41. The summed E-state index contributed by atoms with van der Waals surface area (Å²) in [6.07, 6.45) is 0. The molecule has 126 valence electrons. The third kappa shape index (κ3) is 2.36. The molecule has 0 atom stereocenters. The quantitative estimate of drug-likeness (QED) is 0.573. The van der Waals surface area contributed by atoms with Crippen LogP contribution in [0, 0.1) is 12.7 Å². The van der Waals surface area contributed by atoms with Crippen LogP contribution in [0.1, 0.15) is 5.69 Å². The molecule has 4 aromatic rings. The first kappa shape index (κ1) is 15.3. The van der Waals surface area contributed by atoms with Crippen LogP contribution in [0.4, 0.5) is 4.39 Å². The average Bonchev–Trinajstić information content (AvgIpc) is 2.99. The summed E-state index contributed by atoms with van der Waals surface area (Å²) in [4.78, 5) is 4.61. The van der Waals surface area contributed by atoms with Crippen LogP contribution >= 0.6 is 0 Å². The molecule has 0 saturated heterocycles. The fourth-order valence-electron chi connectivity index (χ4n) is 2.87. The summed E-state index contributed by atoms with van der Waals surface area (Å²) in [5, 5.41) is 8.17. The van der Waals surface area contributed by atoms with Gasteiger partial charge in [-0.25, -0.2) is 9.37 Å². The number of methoxy groups -OCH3 is 2. The zero-order chi connectivity index (χ0) is 17.6. The van der Waals surface area contributed by atoms with E-state index in [4.69, 9.17) is 9.47 Å². The van der Waals surface area contributed by atoms with Gasteiger partial charge in [0, 0.05) is 17.7 Å². The van der Waals surface area contributed by atoms with Crippen molar-refractivity contribution in [2.24, 2.45) is 0 Å². The van der Waals surface area contributed by atoms with E-state index in [-0.39, 0.29) is 5.52 Å². The van der Waals surface area contributed by atoms with E-state index in [0.717, 1.165) is 5.56 Å². The van der Waals surface area contributed by atoms with Crippen LogP contribution in [-0.2, 0) is 0 Å². The van der Waals surface area contributed by atoms with E-state index < -0.39 is 5.82 Å². The Balaban J connectivity index is 2.12. The van der Waals surface area contributed by atoms with Crippen LogP contribution in [0.3, 0.4) is 0 Å². The smallest absolute Gasteiger partial charge is 0.183 e. The van der Waals surface area contributed by atoms with Gasteiger partial charge in [-0.3, -0.25) is 4.40 Å². The second-order valence-corrected chi connectivity index (χ2v) is 5.59. The highest BCUT2D eigenvalue weighted by Crippen LogP contribution is 2.30. The van der Waals surface area contributed by atoms with Crippen molar-refractivity contribution in [1.29, 1.82) is 0 Å². The lowest BCUT2D eigenvalue weighted by Gasteiger charge is -2.08. The minimum atomic E-state index is -0.494. The van der Waals surface area contributed by atoms with Crippen LogP contribution in [-0.4, -0.2) is 33.8 Å². The van der Waals surface area contributed by atoms with Crippen molar-refractivity contribution in [3.63, 3.8) is 0 Å². The van der Waals surface area contributed by atoms with Gasteiger partial charge < -0.3 is 9.47 Å². The fraction of sp³-hybridized carbons (Fsp3) is 0.167. The number of hydrogen-bond acceptors (Lipinski definition) is 5. The lowest BCUT2D eigenvalue weighted by Crippen LogP contribution is -2.00. The molecule has 0 fully saturated rings. The molecule has 0 aliphatic heterocycles. The van der Waals surface area contributed by atoms with Gasteiger partial charge in [-0.2, -0.15) is 0 Å². The van der Waals surface area contributed by atoms with Gasteiger partial charge in [0.25, 0.3) is 0 Å². The SMILES string of the molecule is COc1cccc(-c2nc(C)c3nnc4c(F)cc(OC)cc4n23)c1. The highest BCUT2D eigenvalue weighted by Gasteiger charge is 2.18. The third-order valence-electron chi connectivity index (χ3n) is 4.09. The number of fused-ring (bicyclic) bond motifs is 3. The van der Waals surface area contributed by atoms with Crippen LogP contribution in [0.5, 0.6) is 11.5 Å². The normalized spacial score (nSPS) is 11.2. The number of imidazole rings is 1. The molecule has 0 radical (unpaired) electrons. The Morgan fingerprint density at radius 3 is 2.56 bits per heavy atom. The highest BCUT2D eigenvalue weighted by atomic mass is 19.1. The topological polar surface area (TPSA) is 61.5 Å². The van der Waals surface area contributed by atoms with Crippen molar-refractivity contribution in [3.8, 4) is 22.9 Å². The summed E-state index contributed by atoms with van der Waals surface area (Å²) in [6, 6.07) is 10.5. The zero-order valence-corrected chi connectivity index (χ0v) is 13.9. The van der Waals surface area contributed by atoms with Gasteiger partial charge in [0.15, 0.2) is 11.5 Å². The molecule has 6 nitrogen and oxygen atoms in total. The molecular formula is C18H15FN4O2. The molecule has 2 aromatic carbocycles. The van der Waals surface area contributed by atoms with E-state index in [1.807, 2.05) is 31.2 Å². The molecular weight excluding hydrogens is 323 g/mol. The lowest BCUT2D eigenvalue weighted by atomic mass is 10.2. The number of nitrogens with zero attached hydrogens (tertiary/aromatic N) is 4. The minimum Gasteiger partial charge on any atom is -0.497 e. The second-order valence-electron chi connectivity index (χ2n) is 5.59. The second kappa shape index (κ2) is 5.70. The van der Waals surface area contributed by atoms with Crippen LogP contribution in [0.25, 0.3) is 28.1 Å². The van der Waals surface area contributed by atoms with Gasteiger partial charge in [0.2, 0.25) is 0 Å². The van der Waals surface area contributed by atoms with E-state index >= 15 is 0 Å². The van der Waals surface area contributed by atoms with Crippen molar-refractivity contribution < 1.29 is 13.9 Å². The van der Waals surface area contributed by atoms with E-state index in [2.05, 4.69) is 15.2 Å². The Morgan fingerprint density at radius 1 is 1.00 bits per heavy atom. The van der Waals surface area contributed by atoms with Gasteiger partial charge in [-0.05, 0) is 19.1 Å². The molecule has 0 unspecified atom stereocenters. The number of halogens is 1. The van der Waals surface area contributed by atoms with E-state index in [9.17, 15) is 4.39 Å². The first-order valence-electron chi connectivity index (χ1n) is 7.66. The van der Waals surface area contributed by atoms with Crippen molar-refractivity contribution in [3.05, 3.63) is 47.9 Å². The summed E-state index contributed by atoms with van der Waals surface area (Å²) in [5.41, 5.74) is 2.81. The fourth-order valence-corrected chi connectivity index (χ4v) is 2.87. The summed E-state index contributed by atoms with van der Waals surface area (Å²) in [7, 11) is 3.10. The monoisotopic (exact) mass is 338 g/mol. The Kier molecular flexibility index (Phi) is 3.49. The molecule has 0 bridgehead atoms. The molecule has 0 aliphatic rings. The molecule has 25 heavy (non-hydrogen) atoms. The van der Waals surface area contributed by atoms with Gasteiger partial charge in [0.05, 0.1) is 25.4 Å². The molecule has 0 saturated carbocycles. The van der Waals surface area contributed by atoms with Crippen LogP contribution < -0.4 is 9.47 Å². The molecule has 4 rings (SSSR count).